The van der Waals surface area contributed by atoms with Crippen molar-refractivity contribution in [2.45, 2.75) is 26.2 Å². The van der Waals surface area contributed by atoms with Crippen molar-refractivity contribution in [1.82, 2.24) is 0 Å². The highest BCUT2D eigenvalue weighted by atomic mass is 15.2. The quantitative estimate of drug-likeness (QED) is 0.246. The molecule has 2 nitrogen and oxygen atoms in total. The van der Waals surface area contributed by atoms with Crippen molar-refractivity contribution in [2.24, 2.45) is 0 Å². The number of anilines is 6. The molecule has 7 rings (SSSR count). The molecule has 0 radical (unpaired) electrons. The second-order valence-electron chi connectivity index (χ2n) is 11.1. The molecule has 0 aliphatic carbocycles. The Morgan fingerprint density at radius 2 is 1.00 bits per heavy atom. The van der Waals surface area contributed by atoms with Crippen molar-refractivity contribution in [1.29, 1.82) is 0 Å². The summed E-state index contributed by atoms with van der Waals surface area (Å²) in [5, 5.41) is 0. The zero-order chi connectivity index (χ0) is 25.1. The van der Waals surface area contributed by atoms with E-state index < -0.39 is 0 Å². The minimum absolute atomic E-state index is 0.0661. The highest BCUT2D eigenvalue weighted by molar-refractivity contribution is 7.00. The zero-order valence-electron chi connectivity index (χ0n) is 21.5. The van der Waals surface area contributed by atoms with Crippen LogP contribution in [-0.2, 0) is 5.41 Å². The molecule has 0 bridgehead atoms. The smallest absolute Gasteiger partial charge is 0.252 e. The third kappa shape index (κ3) is 3.34. The first kappa shape index (κ1) is 22.0. The molecule has 0 unspecified atom stereocenters. The first-order valence-corrected chi connectivity index (χ1v) is 13.1. The fourth-order valence-electron chi connectivity index (χ4n) is 6.07. The normalized spacial score (nSPS) is 13.6. The lowest BCUT2D eigenvalue weighted by Crippen LogP contribution is -2.61. The van der Waals surface area contributed by atoms with Gasteiger partial charge in [0.05, 0.1) is 0 Å². The van der Waals surface area contributed by atoms with Gasteiger partial charge in [-0.05, 0) is 75.9 Å². The zero-order valence-corrected chi connectivity index (χ0v) is 21.5. The Balaban J connectivity index is 1.58. The molecule has 5 aromatic rings. The molecule has 2 aliphatic heterocycles. The number of hydrogen-bond donors (Lipinski definition) is 0. The van der Waals surface area contributed by atoms with Gasteiger partial charge in [-0.25, -0.2) is 0 Å². The van der Waals surface area contributed by atoms with Gasteiger partial charge in [0.2, 0.25) is 0 Å². The first-order chi connectivity index (χ1) is 18.0. The summed E-state index contributed by atoms with van der Waals surface area (Å²) in [4.78, 5) is 4.89. The fourth-order valence-corrected chi connectivity index (χ4v) is 6.07. The topological polar surface area (TPSA) is 6.48 Å². The molecular weight excluding hydrogens is 447 g/mol. The van der Waals surface area contributed by atoms with Crippen LogP contribution in [0.3, 0.4) is 0 Å². The van der Waals surface area contributed by atoms with Gasteiger partial charge in [-0.15, -0.1) is 0 Å². The van der Waals surface area contributed by atoms with E-state index in [1.807, 2.05) is 0 Å². The SMILES string of the molecule is CC(C)(C)c1ccc2c(c1)B1c3ccccc3N(c3ccccc3)c3cccc(c31)N2c1ccccc1. The van der Waals surface area contributed by atoms with E-state index in [4.69, 9.17) is 0 Å². The number of benzene rings is 5. The summed E-state index contributed by atoms with van der Waals surface area (Å²) in [6.07, 6.45) is 0. The van der Waals surface area contributed by atoms with Crippen LogP contribution in [0.5, 0.6) is 0 Å². The predicted molar refractivity (Wildman–Crippen MR) is 159 cm³/mol. The number of fused-ring (bicyclic) bond motifs is 4. The van der Waals surface area contributed by atoms with Gasteiger partial charge in [0.15, 0.2) is 0 Å². The molecule has 0 saturated carbocycles. The van der Waals surface area contributed by atoms with Gasteiger partial charge in [-0.3, -0.25) is 0 Å². The molecule has 0 atom stereocenters. The molecule has 0 aromatic heterocycles. The van der Waals surface area contributed by atoms with Crippen LogP contribution in [0, 0.1) is 0 Å². The van der Waals surface area contributed by atoms with Crippen LogP contribution in [0.15, 0.2) is 121 Å². The fraction of sp³-hybridized carbons (Fsp3) is 0.118. The molecule has 0 saturated heterocycles. The average Bonchev–Trinajstić information content (AvgIpc) is 2.93. The molecule has 0 amide bonds. The summed E-state index contributed by atoms with van der Waals surface area (Å²) in [6, 6.07) is 44.4. The third-order valence-corrected chi connectivity index (χ3v) is 7.79. The van der Waals surface area contributed by atoms with Crippen molar-refractivity contribution in [3.8, 4) is 0 Å². The van der Waals surface area contributed by atoms with Crippen LogP contribution >= 0.6 is 0 Å². The summed E-state index contributed by atoms with van der Waals surface area (Å²) < 4.78 is 0. The first-order valence-electron chi connectivity index (χ1n) is 13.1. The van der Waals surface area contributed by atoms with E-state index >= 15 is 0 Å². The Kier molecular flexibility index (Phi) is 4.84. The van der Waals surface area contributed by atoms with Crippen LogP contribution in [-0.4, -0.2) is 6.71 Å². The minimum Gasteiger partial charge on any atom is -0.311 e. The van der Waals surface area contributed by atoms with Gasteiger partial charge in [0, 0.05) is 34.1 Å². The van der Waals surface area contributed by atoms with Crippen LogP contribution < -0.4 is 26.2 Å². The Labute approximate surface area is 219 Å². The number of para-hydroxylation sites is 3. The minimum atomic E-state index is 0.0661. The van der Waals surface area contributed by atoms with E-state index in [0.29, 0.717) is 0 Å². The van der Waals surface area contributed by atoms with Crippen LogP contribution in [0.1, 0.15) is 26.3 Å². The van der Waals surface area contributed by atoms with Crippen LogP contribution in [0.25, 0.3) is 0 Å². The lowest BCUT2D eigenvalue weighted by Gasteiger charge is -2.44. The van der Waals surface area contributed by atoms with Gasteiger partial charge in [0.1, 0.15) is 0 Å². The van der Waals surface area contributed by atoms with E-state index in [-0.39, 0.29) is 12.1 Å². The molecule has 5 aromatic carbocycles. The highest BCUT2D eigenvalue weighted by Gasteiger charge is 2.43. The van der Waals surface area contributed by atoms with Crippen molar-refractivity contribution in [3.63, 3.8) is 0 Å². The summed E-state index contributed by atoms with van der Waals surface area (Å²) in [5.41, 5.74) is 12.9. The summed E-state index contributed by atoms with van der Waals surface area (Å²) >= 11 is 0. The van der Waals surface area contributed by atoms with Crippen molar-refractivity contribution in [2.75, 3.05) is 9.80 Å². The number of hydrogen-bond acceptors (Lipinski definition) is 2. The van der Waals surface area contributed by atoms with Gasteiger partial charge in [-0.1, -0.05) is 93.6 Å². The molecule has 0 spiro atoms. The van der Waals surface area contributed by atoms with Gasteiger partial charge >= 0.3 is 0 Å². The molecule has 0 N–H and O–H groups in total. The maximum Gasteiger partial charge on any atom is 0.252 e. The maximum atomic E-state index is 2.46. The van der Waals surface area contributed by atoms with Crippen molar-refractivity contribution in [3.05, 3.63) is 127 Å². The monoisotopic (exact) mass is 476 g/mol. The number of nitrogens with zero attached hydrogens (tertiary/aromatic N) is 2. The second-order valence-corrected chi connectivity index (χ2v) is 11.1. The van der Waals surface area contributed by atoms with Crippen LogP contribution in [0.4, 0.5) is 34.1 Å². The van der Waals surface area contributed by atoms with Gasteiger partial charge in [-0.2, -0.15) is 0 Å². The molecular formula is C34H29BN2. The summed E-state index contributed by atoms with van der Waals surface area (Å²) in [7, 11) is 0. The summed E-state index contributed by atoms with van der Waals surface area (Å²) in [6.45, 7) is 7.08. The Bertz CT molecular complexity index is 1610. The second kappa shape index (κ2) is 8.14. The lowest BCUT2D eigenvalue weighted by atomic mass is 9.33. The molecule has 0 fully saturated rings. The number of rotatable bonds is 2. The Morgan fingerprint density at radius 1 is 0.486 bits per heavy atom. The largest absolute Gasteiger partial charge is 0.311 e. The van der Waals surface area contributed by atoms with Gasteiger partial charge < -0.3 is 9.80 Å². The lowest BCUT2D eigenvalue weighted by molar-refractivity contribution is 0.591. The van der Waals surface area contributed by atoms with E-state index in [0.717, 1.165) is 0 Å². The molecule has 3 heteroatoms. The standard InChI is InChI=1S/C34H29BN2/c1-34(2,3)24-21-22-30-28(23-24)35-27-17-10-11-18-29(27)36(25-13-6-4-7-14-25)31-19-12-20-32(33(31)35)37(30)26-15-8-5-9-16-26/h4-23H,1-3H3. The predicted octanol–water partition coefficient (Wildman–Crippen LogP) is 7.07. The maximum absolute atomic E-state index is 2.46. The molecule has 37 heavy (non-hydrogen) atoms. The molecule has 178 valence electrons. The third-order valence-electron chi connectivity index (χ3n) is 7.79. The molecule has 2 heterocycles. The van der Waals surface area contributed by atoms with E-state index in [9.17, 15) is 0 Å². The average molecular weight is 476 g/mol. The molecule has 2 aliphatic rings. The van der Waals surface area contributed by atoms with Crippen molar-refractivity contribution < 1.29 is 0 Å². The highest BCUT2D eigenvalue weighted by Crippen LogP contribution is 2.43. The Hall–Kier alpha value is -4.24. The Morgan fingerprint density at radius 3 is 1.59 bits per heavy atom. The summed E-state index contributed by atoms with van der Waals surface area (Å²) in [5.74, 6) is 0. The van der Waals surface area contributed by atoms with E-state index in [1.54, 1.807) is 0 Å². The van der Waals surface area contributed by atoms with Gasteiger partial charge in [0.25, 0.3) is 6.71 Å². The van der Waals surface area contributed by atoms with Crippen molar-refractivity contribution >= 4 is 57.2 Å². The van der Waals surface area contributed by atoms with E-state index in [2.05, 4.69) is 152 Å². The van der Waals surface area contributed by atoms with E-state index in [1.165, 1.54) is 56.1 Å². The van der Waals surface area contributed by atoms with Crippen LogP contribution in [0.2, 0.25) is 0 Å².